The van der Waals surface area contributed by atoms with Crippen LogP contribution in [-0.4, -0.2) is 61.7 Å². The van der Waals surface area contributed by atoms with Crippen molar-refractivity contribution in [3.63, 3.8) is 0 Å². The molecule has 1 aromatic rings. The van der Waals surface area contributed by atoms with E-state index in [4.69, 9.17) is 4.74 Å². The molecule has 1 saturated carbocycles. The molecule has 3 heterocycles. The molecule has 3 aliphatic heterocycles. The number of fused-ring (bicyclic) bond motifs is 3. The number of hydrogen-bond donors (Lipinski definition) is 1. The van der Waals surface area contributed by atoms with Crippen molar-refractivity contribution in [2.75, 3.05) is 39.8 Å². The molecule has 0 radical (unpaired) electrons. The van der Waals surface area contributed by atoms with Gasteiger partial charge in [-0.15, -0.1) is 0 Å². The summed E-state index contributed by atoms with van der Waals surface area (Å²) in [6.45, 7) is 6.07. The molecule has 2 bridgehead atoms. The first-order chi connectivity index (χ1) is 10.3. The van der Waals surface area contributed by atoms with Gasteiger partial charge in [0.15, 0.2) is 0 Å². The summed E-state index contributed by atoms with van der Waals surface area (Å²) in [5.74, 6) is 1.03. The van der Waals surface area contributed by atoms with E-state index in [0.717, 1.165) is 5.75 Å². The Kier molecular flexibility index (Phi) is 3.61. The second-order valence-corrected chi connectivity index (χ2v) is 6.56. The lowest BCUT2D eigenvalue weighted by molar-refractivity contribution is -0.00257. The summed E-state index contributed by atoms with van der Waals surface area (Å²) in [5.41, 5.74) is 1.36. The predicted octanol–water partition coefficient (Wildman–Crippen LogP) is 1.49. The molecule has 2 atom stereocenters. The van der Waals surface area contributed by atoms with Crippen LogP contribution in [0.25, 0.3) is 0 Å². The Morgan fingerprint density at radius 3 is 2.62 bits per heavy atom. The lowest BCUT2D eigenvalue weighted by atomic mass is 9.94. The zero-order valence-corrected chi connectivity index (χ0v) is 12.8. The van der Waals surface area contributed by atoms with E-state index in [1.807, 2.05) is 0 Å². The lowest BCUT2D eigenvalue weighted by Crippen LogP contribution is -2.63. The topological polar surface area (TPSA) is 27.7 Å². The van der Waals surface area contributed by atoms with Crippen LogP contribution in [0.2, 0.25) is 0 Å². The first kappa shape index (κ1) is 13.6. The smallest absolute Gasteiger partial charge is 0.120 e. The summed E-state index contributed by atoms with van der Waals surface area (Å²) in [6.07, 6.45) is 2.89. The number of nitrogens with zero attached hydrogens (tertiary/aromatic N) is 2. The molecule has 1 N–H and O–H groups in total. The molecule has 0 amide bonds. The highest BCUT2D eigenvalue weighted by Crippen LogP contribution is 2.31. The summed E-state index contributed by atoms with van der Waals surface area (Å²) < 4.78 is 5.96. The highest BCUT2D eigenvalue weighted by Gasteiger charge is 2.36. The molecule has 1 aliphatic carbocycles. The number of piperazine rings is 3. The third-order valence-electron chi connectivity index (χ3n) is 5.06. The Bertz CT molecular complexity index is 495. The first-order valence-corrected chi connectivity index (χ1v) is 8.24. The Morgan fingerprint density at radius 2 is 2.00 bits per heavy atom. The van der Waals surface area contributed by atoms with Crippen molar-refractivity contribution in [2.45, 2.75) is 31.0 Å². The maximum Gasteiger partial charge on any atom is 0.120 e. The van der Waals surface area contributed by atoms with Crippen molar-refractivity contribution in [2.24, 2.45) is 0 Å². The highest BCUT2D eigenvalue weighted by atomic mass is 16.5. The van der Waals surface area contributed by atoms with Crippen LogP contribution in [0, 0.1) is 0 Å². The van der Waals surface area contributed by atoms with Gasteiger partial charge in [-0.3, -0.25) is 9.80 Å². The van der Waals surface area contributed by atoms with Crippen molar-refractivity contribution in [1.82, 2.24) is 15.1 Å². The third kappa shape index (κ3) is 2.80. The Balaban J connectivity index is 1.54. The van der Waals surface area contributed by atoms with E-state index in [9.17, 15) is 0 Å². The fourth-order valence-corrected chi connectivity index (χ4v) is 3.71. The van der Waals surface area contributed by atoms with E-state index in [2.05, 4.69) is 46.4 Å². The molecule has 21 heavy (non-hydrogen) atoms. The van der Waals surface area contributed by atoms with Gasteiger partial charge < -0.3 is 10.1 Å². The number of likely N-dealkylation sites (N-methyl/N-ethyl adjacent to an activating group) is 1. The Labute approximate surface area is 127 Å². The van der Waals surface area contributed by atoms with Gasteiger partial charge in [0.2, 0.25) is 0 Å². The molecule has 1 aromatic carbocycles. The van der Waals surface area contributed by atoms with Crippen LogP contribution in [0.15, 0.2) is 24.3 Å². The SMILES string of the molecule is CNC(c1cccc(OC2CC2)c1)C1CN2CCN1CC2. The van der Waals surface area contributed by atoms with Crippen LogP contribution in [0.5, 0.6) is 5.75 Å². The van der Waals surface area contributed by atoms with Crippen LogP contribution in [0.1, 0.15) is 24.4 Å². The van der Waals surface area contributed by atoms with E-state index in [1.165, 1.54) is 51.1 Å². The molecular weight excluding hydrogens is 262 g/mol. The van der Waals surface area contributed by atoms with E-state index < -0.39 is 0 Å². The van der Waals surface area contributed by atoms with Gasteiger partial charge in [0.1, 0.15) is 5.75 Å². The van der Waals surface area contributed by atoms with Gasteiger partial charge in [-0.25, -0.2) is 0 Å². The van der Waals surface area contributed by atoms with Gasteiger partial charge in [0.25, 0.3) is 0 Å². The van der Waals surface area contributed by atoms with Crippen LogP contribution in [0.4, 0.5) is 0 Å². The van der Waals surface area contributed by atoms with Gasteiger partial charge in [0.05, 0.1) is 6.10 Å². The molecule has 4 aliphatic rings. The quantitative estimate of drug-likeness (QED) is 0.888. The monoisotopic (exact) mass is 287 g/mol. The molecular formula is C17H25N3O. The van der Waals surface area contributed by atoms with Gasteiger partial charge in [-0.1, -0.05) is 12.1 Å². The average Bonchev–Trinajstić information content (AvgIpc) is 3.34. The van der Waals surface area contributed by atoms with E-state index >= 15 is 0 Å². The van der Waals surface area contributed by atoms with Gasteiger partial charge in [-0.2, -0.15) is 0 Å². The van der Waals surface area contributed by atoms with E-state index in [-0.39, 0.29) is 0 Å². The minimum atomic E-state index is 0.385. The highest BCUT2D eigenvalue weighted by molar-refractivity contribution is 5.32. The van der Waals surface area contributed by atoms with Crippen LogP contribution < -0.4 is 10.1 Å². The number of hydrogen-bond acceptors (Lipinski definition) is 4. The second-order valence-electron chi connectivity index (χ2n) is 6.56. The maximum atomic E-state index is 5.96. The van der Waals surface area contributed by atoms with Crippen LogP contribution in [-0.2, 0) is 0 Å². The average molecular weight is 287 g/mol. The van der Waals surface area contributed by atoms with Gasteiger partial charge in [0, 0.05) is 44.8 Å². The molecule has 4 fully saturated rings. The van der Waals surface area contributed by atoms with Crippen molar-refractivity contribution in [3.05, 3.63) is 29.8 Å². The molecule has 5 rings (SSSR count). The fraction of sp³-hybridized carbons (Fsp3) is 0.647. The van der Waals surface area contributed by atoms with Crippen molar-refractivity contribution < 1.29 is 4.74 Å². The largest absolute Gasteiger partial charge is 0.490 e. The molecule has 4 heteroatoms. The molecule has 114 valence electrons. The van der Waals surface area contributed by atoms with E-state index in [0.29, 0.717) is 18.2 Å². The van der Waals surface area contributed by atoms with Crippen molar-refractivity contribution in [1.29, 1.82) is 0 Å². The number of nitrogens with one attached hydrogen (secondary N) is 1. The molecule has 4 nitrogen and oxygen atoms in total. The van der Waals surface area contributed by atoms with Crippen LogP contribution in [0.3, 0.4) is 0 Å². The maximum absolute atomic E-state index is 5.96. The first-order valence-electron chi connectivity index (χ1n) is 8.24. The molecule has 3 saturated heterocycles. The van der Waals surface area contributed by atoms with Gasteiger partial charge >= 0.3 is 0 Å². The van der Waals surface area contributed by atoms with Crippen molar-refractivity contribution >= 4 is 0 Å². The predicted molar refractivity (Wildman–Crippen MR) is 83.7 cm³/mol. The Morgan fingerprint density at radius 1 is 1.19 bits per heavy atom. The fourth-order valence-electron chi connectivity index (χ4n) is 3.71. The van der Waals surface area contributed by atoms with E-state index in [1.54, 1.807) is 0 Å². The molecule has 0 aromatic heterocycles. The summed E-state index contributed by atoms with van der Waals surface area (Å²) in [5, 5.41) is 3.55. The second kappa shape index (κ2) is 5.59. The minimum Gasteiger partial charge on any atom is -0.490 e. The summed E-state index contributed by atoms with van der Waals surface area (Å²) in [4.78, 5) is 5.25. The number of ether oxygens (including phenoxy) is 1. The Hall–Kier alpha value is -1.10. The zero-order chi connectivity index (χ0) is 14.2. The summed E-state index contributed by atoms with van der Waals surface area (Å²) in [7, 11) is 2.08. The molecule has 0 spiro atoms. The summed E-state index contributed by atoms with van der Waals surface area (Å²) in [6, 6.07) is 9.65. The summed E-state index contributed by atoms with van der Waals surface area (Å²) >= 11 is 0. The zero-order valence-electron chi connectivity index (χ0n) is 12.8. The number of benzene rings is 1. The standard InChI is InChI=1S/C17H25N3O/c1-18-17(16-12-19-7-9-20(16)10-8-19)13-3-2-4-15(11-13)21-14-5-6-14/h2-4,11,14,16-18H,5-10,12H2,1H3. The lowest BCUT2D eigenvalue weighted by Gasteiger charge is -2.50. The minimum absolute atomic E-state index is 0.385. The number of rotatable bonds is 5. The third-order valence-corrected chi connectivity index (χ3v) is 5.06. The molecule has 2 unspecified atom stereocenters. The van der Waals surface area contributed by atoms with Crippen molar-refractivity contribution in [3.8, 4) is 5.75 Å². The van der Waals surface area contributed by atoms with Gasteiger partial charge in [-0.05, 0) is 37.6 Å². The van der Waals surface area contributed by atoms with Crippen LogP contribution >= 0.6 is 0 Å². The normalized spacial score (nSPS) is 32.9.